The molecule has 0 bridgehead atoms. The van der Waals surface area contributed by atoms with E-state index in [1.54, 1.807) is 12.4 Å². The molecule has 2 aliphatic heterocycles. The highest BCUT2D eigenvalue weighted by Gasteiger charge is 2.31. The average molecular weight is 749 g/mol. The molecule has 0 atom stereocenters. The molecule has 6 heterocycles. The van der Waals surface area contributed by atoms with Crippen LogP contribution in [0.5, 0.6) is 0 Å². The minimum Gasteiger partial charge on any atom is -0.465 e. The first-order chi connectivity index (χ1) is 25.4. The van der Waals surface area contributed by atoms with Crippen LogP contribution >= 0.6 is 0 Å². The summed E-state index contributed by atoms with van der Waals surface area (Å²) in [7, 11) is 0. The molecule has 4 aromatic heterocycles. The SMILES string of the molecule is CC(C)(C)N(CC1CCN(c2cc3cn[nH]c(=O)c3c(N)n2)CC1)C(=O)O.CC(C)(C)OC(=O)NCC1CCN(c2cc3cn[nH]c(=O)c3c(N)n2)CC1. The molecule has 18 heteroatoms. The third kappa shape index (κ3) is 9.84. The van der Waals surface area contributed by atoms with Gasteiger partial charge in [-0.3, -0.25) is 9.59 Å². The van der Waals surface area contributed by atoms with Gasteiger partial charge in [-0.15, -0.1) is 0 Å². The van der Waals surface area contributed by atoms with Crippen molar-refractivity contribution < 1.29 is 19.4 Å². The Morgan fingerprint density at radius 1 is 0.833 bits per heavy atom. The summed E-state index contributed by atoms with van der Waals surface area (Å²) >= 11 is 0. The number of amides is 2. The fourth-order valence-electron chi connectivity index (χ4n) is 6.75. The normalized spacial score (nSPS) is 15.8. The van der Waals surface area contributed by atoms with Gasteiger partial charge >= 0.3 is 12.2 Å². The molecule has 2 aliphatic rings. The standard InChI is InChI=1S/2C18H26N6O3/c1-18(2,3)24(17(26)27)10-11-4-6-23(7-5-11)13-8-12-9-20-22-16(25)14(12)15(19)21-13;1-18(2,3)27-17(26)20-9-11-4-6-24(7-5-11)13-8-12-10-21-23-16(25)14(12)15(19)22-13/h8-9,11H,4-7,10H2,1-3H3,(H2,19,21)(H,22,25)(H,26,27);8,10-11H,4-7,9H2,1-3H3,(H2,19,22)(H,20,26)(H,23,25). The predicted molar refractivity (Wildman–Crippen MR) is 208 cm³/mol. The lowest BCUT2D eigenvalue weighted by Crippen LogP contribution is -2.49. The molecule has 54 heavy (non-hydrogen) atoms. The van der Waals surface area contributed by atoms with Crippen LogP contribution in [0.25, 0.3) is 21.5 Å². The number of alkyl carbamates (subject to hydrolysis) is 1. The number of anilines is 4. The van der Waals surface area contributed by atoms with E-state index >= 15 is 0 Å². The molecule has 0 aromatic carbocycles. The molecule has 292 valence electrons. The van der Waals surface area contributed by atoms with E-state index < -0.39 is 17.2 Å². The van der Waals surface area contributed by atoms with E-state index in [1.807, 2.05) is 53.7 Å². The first-order valence-corrected chi connectivity index (χ1v) is 18.1. The number of carboxylic acid groups (broad SMARTS) is 1. The van der Waals surface area contributed by atoms with Crippen molar-refractivity contribution in [1.82, 2.24) is 40.6 Å². The number of piperidine rings is 2. The molecule has 8 N–H and O–H groups in total. The van der Waals surface area contributed by atoms with Crippen molar-refractivity contribution in [2.75, 3.05) is 60.5 Å². The number of hydrogen-bond acceptors (Lipinski definition) is 13. The van der Waals surface area contributed by atoms with Crippen molar-refractivity contribution in [2.24, 2.45) is 11.8 Å². The summed E-state index contributed by atoms with van der Waals surface area (Å²) in [5.41, 5.74) is 10.4. The molecular weight excluding hydrogens is 696 g/mol. The van der Waals surface area contributed by atoms with E-state index in [1.165, 1.54) is 4.90 Å². The summed E-state index contributed by atoms with van der Waals surface area (Å²) in [6, 6.07) is 3.67. The van der Waals surface area contributed by atoms with E-state index in [4.69, 9.17) is 16.2 Å². The van der Waals surface area contributed by atoms with Gasteiger partial charge in [0.2, 0.25) is 0 Å². The van der Waals surface area contributed by atoms with Crippen LogP contribution in [-0.2, 0) is 4.74 Å². The zero-order valence-electron chi connectivity index (χ0n) is 31.8. The van der Waals surface area contributed by atoms with E-state index in [2.05, 4.69) is 45.5 Å². The van der Waals surface area contributed by atoms with Crippen LogP contribution in [0.3, 0.4) is 0 Å². The average Bonchev–Trinajstić information content (AvgIpc) is 3.09. The Morgan fingerprint density at radius 2 is 1.28 bits per heavy atom. The second kappa shape index (κ2) is 16.1. The van der Waals surface area contributed by atoms with Gasteiger partial charge in [0.1, 0.15) is 28.9 Å². The number of H-pyrrole nitrogens is 2. The zero-order chi connectivity index (χ0) is 39.4. The maximum Gasteiger partial charge on any atom is 0.407 e. The number of nitrogen functional groups attached to an aromatic ring is 2. The Morgan fingerprint density at radius 3 is 1.69 bits per heavy atom. The van der Waals surface area contributed by atoms with Gasteiger partial charge in [-0.2, -0.15) is 10.2 Å². The van der Waals surface area contributed by atoms with Crippen LogP contribution < -0.4 is 37.7 Å². The number of ether oxygens (including phenoxy) is 1. The van der Waals surface area contributed by atoms with E-state index in [9.17, 15) is 24.3 Å². The van der Waals surface area contributed by atoms with Crippen molar-refractivity contribution in [2.45, 2.75) is 78.4 Å². The third-order valence-corrected chi connectivity index (χ3v) is 9.61. The Kier molecular flexibility index (Phi) is 11.8. The molecule has 2 fully saturated rings. The number of nitrogens with zero attached hydrogens (tertiary/aromatic N) is 7. The molecule has 0 radical (unpaired) electrons. The molecular formula is C36H52N12O6. The number of rotatable bonds is 6. The first-order valence-electron chi connectivity index (χ1n) is 18.1. The van der Waals surface area contributed by atoms with Crippen molar-refractivity contribution in [3.63, 3.8) is 0 Å². The smallest absolute Gasteiger partial charge is 0.407 e. The molecule has 0 unspecified atom stereocenters. The summed E-state index contributed by atoms with van der Waals surface area (Å²) < 4.78 is 5.26. The largest absolute Gasteiger partial charge is 0.465 e. The Labute approximate surface area is 312 Å². The fourth-order valence-corrected chi connectivity index (χ4v) is 6.75. The Balaban J connectivity index is 0.000000208. The summed E-state index contributed by atoms with van der Waals surface area (Å²) in [6.07, 6.45) is 5.46. The lowest BCUT2D eigenvalue weighted by molar-refractivity contribution is 0.0516. The van der Waals surface area contributed by atoms with E-state index in [0.29, 0.717) is 46.5 Å². The summed E-state index contributed by atoms with van der Waals surface area (Å²) in [5, 5.41) is 26.8. The number of pyridine rings is 2. The number of fused-ring (bicyclic) bond motifs is 2. The number of nitrogens with one attached hydrogen (secondary N) is 3. The van der Waals surface area contributed by atoms with Gasteiger partial charge < -0.3 is 41.3 Å². The first kappa shape index (κ1) is 39.5. The van der Waals surface area contributed by atoms with Gasteiger partial charge in [0.25, 0.3) is 11.1 Å². The number of carbonyl (C=O) groups is 2. The van der Waals surface area contributed by atoms with Gasteiger partial charge in [0, 0.05) is 55.6 Å². The maximum atomic E-state index is 11.9. The highest BCUT2D eigenvalue weighted by molar-refractivity contribution is 5.92. The van der Waals surface area contributed by atoms with E-state index in [0.717, 1.165) is 63.5 Å². The zero-order valence-corrected chi connectivity index (χ0v) is 31.8. The van der Waals surface area contributed by atoms with Gasteiger partial charge in [-0.25, -0.2) is 29.8 Å². The van der Waals surface area contributed by atoms with Crippen LogP contribution in [0.15, 0.2) is 34.1 Å². The number of aromatic nitrogens is 6. The number of carbonyl (C=O) groups excluding carboxylic acids is 1. The van der Waals surface area contributed by atoms with Crippen LogP contribution in [-0.4, -0.2) is 103 Å². The van der Waals surface area contributed by atoms with Crippen molar-refractivity contribution in [3.8, 4) is 0 Å². The summed E-state index contributed by atoms with van der Waals surface area (Å²) in [5.74, 6) is 2.55. The molecule has 2 saturated heterocycles. The Bertz CT molecular complexity index is 2070. The lowest BCUT2D eigenvalue weighted by Gasteiger charge is -2.39. The lowest BCUT2D eigenvalue weighted by atomic mass is 9.94. The van der Waals surface area contributed by atoms with Gasteiger partial charge in [0.15, 0.2) is 0 Å². The summed E-state index contributed by atoms with van der Waals surface area (Å²) in [6.45, 7) is 15.5. The number of hydrogen-bond donors (Lipinski definition) is 6. The molecule has 6 rings (SSSR count). The highest BCUT2D eigenvalue weighted by atomic mass is 16.6. The second-order valence-electron chi connectivity index (χ2n) is 15.9. The topological polar surface area (TPSA) is 255 Å². The van der Waals surface area contributed by atoms with Crippen molar-refractivity contribution in [3.05, 3.63) is 45.2 Å². The highest BCUT2D eigenvalue weighted by Crippen LogP contribution is 2.29. The molecule has 18 nitrogen and oxygen atoms in total. The van der Waals surface area contributed by atoms with Gasteiger partial charge in [-0.1, -0.05) is 0 Å². The van der Waals surface area contributed by atoms with Crippen molar-refractivity contribution >= 4 is 57.0 Å². The maximum absolute atomic E-state index is 11.9. The van der Waals surface area contributed by atoms with Crippen molar-refractivity contribution in [1.29, 1.82) is 0 Å². The molecule has 0 spiro atoms. The van der Waals surface area contributed by atoms with E-state index in [-0.39, 0.29) is 28.8 Å². The Hall–Kier alpha value is -5.68. The minimum absolute atomic E-state index is 0.193. The quantitative estimate of drug-likeness (QED) is 0.165. The summed E-state index contributed by atoms with van der Waals surface area (Å²) in [4.78, 5) is 61.6. The molecule has 0 saturated carbocycles. The fraction of sp³-hybridized carbons (Fsp3) is 0.556. The third-order valence-electron chi connectivity index (χ3n) is 9.61. The predicted octanol–water partition coefficient (Wildman–Crippen LogP) is 3.54. The van der Waals surface area contributed by atoms with Crippen LogP contribution in [0.1, 0.15) is 67.2 Å². The molecule has 4 aromatic rings. The number of nitrogens with two attached hydrogens (primary N) is 2. The number of aromatic amines is 2. The van der Waals surface area contributed by atoms with Crippen LogP contribution in [0, 0.1) is 11.8 Å². The van der Waals surface area contributed by atoms with Gasteiger partial charge in [0.05, 0.1) is 23.2 Å². The molecule has 0 aliphatic carbocycles. The molecule has 2 amide bonds. The second-order valence-corrected chi connectivity index (χ2v) is 15.9. The minimum atomic E-state index is -0.883. The van der Waals surface area contributed by atoms with Gasteiger partial charge in [-0.05, 0) is 91.2 Å². The monoisotopic (exact) mass is 748 g/mol. The van der Waals surface area contributed by atoms with Crippen LogP contribution in [0.2, 0.25) is 0 Å². The van der Waals surface area contributed by atoms with Crippen LogP contribution in [0.4, 0.5) is 32.9 Å².